The molecule has 0 spiro atoms. The number of amides is 3. The quantitative estimate of drug-likeness (QED) is 0.652. The molecular formula is C23H26N3O4+. The molecule has 1 fully saturated rings. The predicted molar refractivity (Wildman–Crippen MR) is 110 cm³/mol. The average Bonchev–Trinajstić information content (AvgIpc) is 3.03. The van der Waals surface area contributed by atoms with Crippen LogP contribution in [0.25, 0.3) is 0 Å². The zero-order valence-electron chi connectivity index (χ0n) is 16.8. The molecule has 2 aromatic rings. The van der Waals surface area contributed by atoms with Gasteiger partial charge in [-0.25, -0.2) is 0 Å². The summed E-state index contributed by atoms with van der Waals surface area (Å²) in [5.41, 5.74) is 1.85. The lowest BCUT2D eigenvalue weighted by molar-refractivity contribution is -0.909. The van der Waals surface area contributed by atoms with Crippen molar-refractivity contribution in [2.45, 2.75) is 12.5 Å². The molecule has 2 heterocycles. The fraction of sp³-hybridized carbons (Fsp3) is 0.348. The number of hydrogen-bond donors (Lipinski definition) is 2. The number of fused-ring (bicyclic) bond motifs is 1. The lowest BCUT2D eigenvalue weighted by Gasteiger charge is -2.28. The molecule has 1 saturated heterocycles. The van der Waals surface area contributed by atoms with E-state index in [0.29, 0.717) is 11.1 Å². The molecule has 7 nitrogen and oxygen atoms in total. The molecule has 0 radical (unpaired) electrons. The van der Waals surface area contributed by atoms with Gasteiger partial charge in [0.25, 0.3) is 11.8 Å². The van der Waals surface area contributed by atoms with Gasteiger partial charge in [-0.1, -0.05) is 42.5 Å². The SMILES string of the molecule is O=C(CCN1C(=O)c2ccccc2C1=O)N[C@H](C[NH+]1CCOCC1)c1ccccc1. The number of quaternary nitrogens is 1. The summed E-state index contributed by atoms with van der Waals surface area (Å²) in [7, 11) is 0. The summed E-state index contributed by atoms with van der Waals surface area (Å²) in [6.07, 6.45) is 0.0766. The van der Waals surface area contributed by atoms with Crippen LogP contribution in [0.2, 0.25) is 0 Å². The first-order valence-corrected chi connectivity index (χ1v) is 10.3. The molecule has 0 unspecified atom stereocenters. The number of carbonyl (C=O) groups is 3. The van der Waals surface area contributed by atoms with E-state index in [4.69, 9.17) is 4.74 Å². The van der Waals surface area contributed by atoms with E-state index in [-0.39, 0.29) is 36.7 Å². The number of hydrogen-bond acceptors (Lipinski definition) is 4. The highest BCUT2D eigenvalue weighted by molar-refractivity contribution is 6.21. The largest absolute Gasteiger partial charge is 0.370 e. The van der Waals surface area contributed by atoms with Gasteiger partial charge in [0.15, 0.2) is 0 Å². The molecule has 0 saturated carbocycles. The highest BCUT2D eigenvalue weighted by Crippen LogP contribution is 2.22. The molecule has 2 aromatic carbocycles. The Morgan fingerprint density at radius 1 is 0.967 bits per heavy atom. The summed E-state index contributed by atoms with van der Waals surface area (Å²) in [5, 5.41) is 3.11. The van der Waals surface area contributed by atoms with Crippen LogP contribution >= 0.6 is 0 Å². The van der Waals surface area contributed by atoms with E-state index < -0.39 is 0 Å². The molecule has 0 aliphatic carbocycles. The van der Waals surface area contributed by atoms with Crippen LogP contribution in [0.4, 0.5) is 0 Å². The van der Waals surface area contributed by atoms with Crippen LogP contribution in [-0.2, 0) is 9.53 Å². The normalized spacial score (nSPS) is 17.7. The van der Waals surface area contributed by atoms with E-state index in [0.717, 1.165) is 43.3 Å². The van der Waals surface area contributed by atoms with Crippen LogP contribution in [0.15, 0.2) is 54.6 Å². The Hall–Kier alpha value is -3.03. The van der Waals surface area contributed by atoms with Crippen LogP contribution in [0, 0.1) is 0 Å². The topological polar surface area (TPSA) is 80.2 Å². The second kappa shape index (κ2) is 9.19. The first-order chi connectivity index (χ1) is 14.6. The van der Waals surface area contributed by atoms with Crippen molar-refractivity contribution in [2.24, 2.45) is 0 Å². The molecule has 3 amide bonds. The summed E-state index contributed by atoms with van der Waals surface area (Å²) in [4.78, 5) is 40.2. The van der Waals surface area contributed by atoms with Crippen molar-refractivity contribution in [2.75, 3.05) is 39.4 Å². The molecule has 7 heteroatoms. The van der Waals surface area contributed by atoms with Gasteiger partial charge in [0.05, 0.1) is 24.3 Å². The van der Waals surface area contributed by atoms with Gasteiger partial charge in [0, 0.05) is 13.0 Å². The van der Waals surface area contributed by atoms with Crippen molar-refractivity contribution in [1.29, 1.82) is 0 Å². The Labute approximate surface area is 175 Å². The van der Waals surface area contributed by atoms with Crippen molar-refractivity contribution in [3.8, 4) is 0 Å². The number of ether oxygens (including phenoxy) is 1. The van der Waals surface area contributed by atoms with Crippen molar-refractivity contribution in [3.05, 3.63) is 71.3 Å². The van der Waals surface area contributed by atoms with Crippen molar-refractivity contribution < 1.29 is 24.0 Å². The summed E-state index contributed by atoms with van der Waals surface area (Å²) < 4.78 is 5.43. The molecule has 4 rings (SSSR count). The van der Waals surface area contributed by atoms with Gasteiger partial charge in [-0.3, -0.25) is 19.3 Å². The third-order valence-corrected chi connectivity index (χ3v) is 5.67. The molecule has 156 valence electrons. The van der Waals surface area contributed by atoms with Gasteiger partial charge in [-0.05, 0) is 17.7 Å². The zero-order valence-corrected chi connectivity index (χ0v) is 16.8. The Kier molecular flexibility index (Phi) is 6.21. The fourth-order valence-corrected chi connectivity index (χ4v) is 4.01. The Morgan fingerprint density at radius 2 is 1.57 bits per heavy atom. The van der Waals surface area contributed by atoms with E-state index in [9.17, 15) is 14.4 Å². The van der Waals surface area contributed by atoms with Crippen LogP contribution in [0.5, 0.6) is 0 Å². The van der Waals surface area contributed by atoms with E-state index in [1.54, 1.807) is 24.3 Å². The molecule has 0 aromatic heterocycles. The highest BCUT2D eigenvalue weighted by Gasteiger charge is 2.35. The van der Waals surface area contributed by atoms with Gasteiger partial charge in [0.2, 0.25) is 5.91 Å². The monoisotopic (exact) mass is 408 g/mol. The number of imide groups is 1. The Morgan fingerprint density at radius 3 is 2.20 bits per heavy atom. The highest BCUT2D eigenvalue weighted by atomic mass is 16.5. The number of rotatable bonds is 7. The van der Waals surface area contributed by atoms with E-state index >= 15 is 0 Å². The summed E-state index contributed by atoms with van der Waals surface area (Å²) in [5.74, 6) is -0.838. The maximum Gasteiger partial charge on any atom is 0.261 e. The molecule has 1 atom stereocenters. The van der Waals surface area contributed by atoms with Gasteiger partial charge < -0.3 is 15.0 Å². The lowest BCUT2D eigenvalue weighted by atomic mass is 10.1. The molecule has 2 aliphatic rings. The fourth-order valence-electron chi connectivity index (χ4n) is 4.01. The van der Waals surface area contributed by atoms with Crippen LogP contribution in [0.1, 0.15) is 38.7 Å². The molecule has 2 aliphatic heterocycles. The number of morpholine rings is 1. The summed E-state index contributed by atoms with van der Waals surface area (Å²) >= 11 is 0. The number of nitrogens with one attached hydrogen (secondary N) is 2. The Balaban J connectivity index is 1.38. The van der Waals surface area contributed by atoms with E-state index in [2.05, 4.69) is 5.32 Å². The minimum absolute atomic E-state index is 0.0735. The first-order valence-electron chi connectivity index (χ1n) is 10.3. The predicted octanol–water partition coefficient (Wildman–Crippen LogP) is 0.445. The number of carbonyl (C=O) groups excluding carboxylic acids is 3. The second-order valence-corrected chi connectivity index (χ2v) is 7.65. The maximum atomic E-state index is 12.7. The maximum absolute atomic E-state index is 12.7. The number of nitrogens with zero attached hydrogens (tertiary/aromatic N) is 1. The van der Waals surface area contributed by atoms with Gasteiger partial charge >= 0.3 is 0 Å². The van der Waals surface area contributed by atoms with Gasteiger partial charge in [0.1, 0.15) is 25.7 Å². The van der Waals surface area contributed by atoms with Gasteiger partial charge in [-0.2, -0.15) is 0 Å². The van der Waals surface area contributed by atoms with Crippen molar-refractivity contribution >= 4 is 17.7 Å². The standard InChI is InChI=1S/C23H25N3O4/c27-21(10-11-26-22(28)18-8-4-5-9-19(18)23(26)29)24-20(17-6-2-1-3-7-17)16-25-12-14-30-15-13-25/h1-9,20H,10-16H2,(H,24,27)/p+1/t20-/m1/s1. The summed E-state index contributed by atoms with van der Waals surface area (Å²) in [6.45, 7) is 4.12. The van der Waals surface area contributed by atoms with Crippen molar-refractivity contribution in [1.82, 2.24) is 10.2 Å². The van der Waals surface area contributed by atoms with Crippen LogP contribution in [0.3, 0.4) is 0 Å². The lowest BCUT2D eigenvalue weighted by Crippen LogP contribution is -3.14. The summed E-state index contributed by atoms with van der Waals surface area (Å²) in [6, 6.07) is 16.5. The number of benzene rings is 2. The van der Waals surface area contributed by atoms with Crippen molar-refractivity contribution in [3.63, 3.8) is 0 Å². The third kappa shape index (κ3) is 4.42. The first kappa shape index (κ1) is 20.3. The van der Waals surface area contributed by atoms with Crippen LogP contribution < -0.4 is 10.2 Å². The van der Waals surface area contributed by atoms with Crippen LogP contribution in [-0.4, -0.2) is 62.0 Å². The Bertz CT molecular complexity index is 890. The smallest absolute Gasteiger partial charge is 0.261 e. The molecule has 2 N–H and O–H groups in total. The minimum Gasteiger partial charge on any atom is -0.370 e. The zero-order chi connectivity index (χ0) is 20.9. The molecular weight excluding hydrogens is 382 g/mol. The molecule has 0 bridgehead atoms. The molecule has 30 heavy (non-hydrogen) atoms. The van der Waals surface area contributed by atoms with E-state index in [1.165, 1.54) is 4.90 Å². The minimum atomic E-state index is -0.333. The van der Waals surface area contributed by atoms with Gasteiger partial charge in [-0.15, -0.1) is 0 Å². The second-order valence-electron chi connectivity index (χ2n) is 7.65. The average molecular weight is 408 g/mol. The third-order valence-electron chi connectivity index (χ3n) is 5.67. The van der Waals surface area contributed by atoms with E-state index in [1.807, 2.05) is 30.3 Å².